The summed E-state index contributed by atoms with van der Waals surface area (Å²) in [6, 6.07) is 10.1. The van der Waals surface area contributed by atoms with Crippen molar-refractivity contribution in [1.29, 1.82) is 0 Å². The highest BCUT2D eigenvalue weighted by molar-refractivity contribution is 9.10. The first-order chi connectivity index (χ1) is 13.9. The van der Waals surface area contributed by atoms with Gasteiger partial charge in [0.25, 0.3) is 5.69 Å². The van der Waals surface area contributed by atoms with Gasteiger partial charge in [0.1, 0.15) is 0 Å². The van der Waals surface area contributed by atoms with E-state index in [1.54, 1.807) is 0 Å². The van der Waals surface area contributed by atoms with Crippen molar-refractivity contribution in [3.05, 3.63) is 62.1 Å². The molecule has 0 spiro atoms. The molecule has 1 unspecified atom stereocenters. The largest absolute Gasteiger partial charge is 0.493 e. The Morgan fingerprint density at radius 1 is 1.31 bits per heavy atom. The molecule has 7 nitrogen and oxygen atoms in total. The maximum atomic E-state index is 12.6. The molecule has 1 saturated heterocycles. The summed E-state index contributed by atoms with van der Waals surface area (Å²) in [5.74, 6) is -0.351. The van der Waals surface area contributed by atoms with Crippen molar-refractivity contribution in [2.24, 2.45) is 0 Å². The van der Waals surface area contributed by atoms with Gasteiger partial charge in [0.15, 0.2) is 11.5 Å². The Hall–Kier alpha value is -2.30. The normalized spacial score (nSPS) is 17.3. The minimum absolute atomic E-state index is 0.0172. The lowest BCUT2D eigenvalue weighted by molar-refractivity contribution is -0.385. The molecule has 2 aromatic carbocycles. The molecule has 29 heavy (non-hydrogen) atoms. The second-order valence-corrected chi connectivity index (χ2v) is 7.33. The van der Waals surface area contributed by atoms with Crippen LogP contribution >= 0.6 is 15.9 Å². The fourth-order valence-corrected chi connectivity index (χ4v) is 3.47. The summed E-state index contributed by atoms with van der Waals surface area (Å²) in [6.07, 6.45) is -0.167. The van der Waals surface area contributed by atoms with Gasteiger partial charge in [-0.2, -0.15) is 8.78 Å². The zero-order valence-electron chi connectivity index (χ0n) is 15.5. The van der Waals surface area contributed by atoms with Crippen LogP contribution < -0.4 is 9.47 Å². The van der Waals surface area contributed by atoms with Gasteiger partial charge in [0, 0.05) is 29.7 Å². The quantitative estimate of drug-likeness (QED) is 0.434. The molecule has 0 radical (unpaired) electrons. The third-order valence-electron chi connectivity index (χ3n) is 4.56. The number of methoxy groups -OCH3 is 1. The van der Waals surface area contributed by atoms with E-state index in [-0.39, 0.29) is 29.8 Å². The van der Waals surface area contributed by atoms with Gasteiger partial charge in [0.2, 0.25) is 0 Å². The summed E-state index contributed by atoms with van der Waals surface area (Å²) in [7, 11) is 1.29. The molecule has 1 fully saturated rings. The van der Waals surface area contributed by atoms with E-state index in [1.807, 2.05) is 29.2 Å². The van der Waals surface area contributed by atoms with E-state index in [0.29, 0.717) is 25.3 Å². The lowest BCUT2D eigenvalue weighted by atomic mass is 10.1. The minimum Gasteiger partial charge on any atom is -0.493 e. The molecule has 156 valence electrons. The van der Waals surface area contributed by atoms with Crippen LogP contribution in [0.1, 0.15) is 17.2 Å². The molecular formula is C19H19BrF2N2O5. The molecular weight excluding hydrogens is 454 g/mol. The number of nitrogens with zero attached hydrogens (tertiary/aromatic N) is 2. The molecule has 0 saturated carbocycles. The molecule has 0 aliphatic carbocycles. The molecule has 2 aromatic rings. The number of nitro benzene ring substituents is 1. The summed E-state index contributed by atoms with van der Waals surface area (Å²) < 4.78 is 41.4. The monoisotopic (exact) mass is 472 g/mol. The van der Waals surface area contributed by atoms with Crippen molar-refractivity contribution >= 4 is 21.6 Å². The highest BCUT2D eigenvalue weighted by Gasteiger charge is 2.27. The number of morpholine rings is 1. The van der Waals surface area contributed by atoms with Gasteiger partial charge in [-0.1, -0.05) is 28.1 Å². The Kier molecular flexibility index (Phi) is 6.99. The second-order valence-electron chi connectivity index (χ2n) is 6.41. The third-order valence-corrected chi connectivity index (χ3v) is 5.09. The molecule has 10 heteroatoms. The maximum absolute atomic E-state index is 12.6. The van der Waals surface area contributed by atoms with Gasteiger partial charge >= 0.3 is 6.61 Å². The van der Waals surface area contributed by atoms with Crippen LogP contribution in [0.25, 0.3) is 0 Å². The second kappa shape index (κ2) is 9.47. The molecule has 1 heterocycles. The summed E-state index contributed by atoms with van der Waals surface area (Å²) in [5.41, 5.74) is 1.06. The first-order valence-electron chi connectivity index (χ1n) is 8.77. The molecule has 0 N–H and O–H groups in total. The summed E-state index contributed by atoms with van der Waals surface area (Å²) in [5, 5.41) is 11.5. The van der Waals surface area contributed by atoms with Gasteiger partial charge in [0.05, 0.1) is 30.8 Å². The molecule has 0 aromatic heterocycles. The first kappa shape index (κ1) is 21.4. The Labute approximate surface area is 174 Å². The number of alkyl halides is 2. The molecule has 0 amide bonds. The van der Waals surface area contributed by atoms with Gasteiger partial charge in [-0.25, -0.2) is 0 Å². The number of hydrogen-bond acceptors (Lipinski definition) is 6. The molecule has 0 bridgehead atoms. The van der Waals surface area contributed by atoms with Gasteiger partial charge in [-0.15, -0.1) is 0 Å². The highest BCUT2D eigenvalue weighted by Crippen LogP contribution is 2.37. The fourth-order valence-electron chi connectivity index (χ4n) is 3.20. The molecule has 1 aliphatic heterocycles. The zero-order valence-corrected chi connectivity index (χ0v) is 17.1. The SMILES string of the molecule is COc1cc(CN2CCOC(c3ccc(Br)cc3)C2)c([N+](=O)[O-])cc1OC(F)F. The predicted molar refractivity (Wildman–Crippen MR) is 104 cm³/mol. The number of hydrogen-bond donors (Lipinski definition) is 0. The van der Waals surface area contributed by atoms with Crippen molar-refractivity contribution in [2.45, 2.75) is 19.3 Å². The molecule has 1 aliphatic rings. The standard InChI is InChI=1S/C19H19BrF2N2O5/c1-27-16-8-13(15(24(25)26)9-17(16)29-19(21)22)10-23-6-7-28-18(11-23)12-2-4-14(20)5-3-12/h2-5,8-9,18-19H,6-7,10-11H2,1H3. The van der Waals surface area contributed by atoms with Crippen LogP contribution in [0.3, 0.4) is 0 Å². The van der Waals surface area contributed by atoms with E-state index in [1.165, 1.54) is 13.2 Å². The number of rotatable bonds is 7. The zero-order chi connectivity index (χ0) is 21.0. The van der Waals surface area contributed by atoms with Crippen molar-refractivity contribution in [2.75, 3.05) is 26.8 Å². The summed E-state index contributed by atoms with van der Waals surface area (Å²) in [4.78, 5) is 12.9. The van der Waals surface area contributed by atoms with Crippen LogP contribution in [0.4, 0.5) is 14.5 Å². The van der Waals surface area contributed by atoms with Crippen LogP contribution in [0, 0.1) is 10.1 Å². The first-order valence-corrected chi connectivity index (χ1v) is 9.56. The van der Waals surface area contributed by atoms with Gasteiger partial charge in [-0.05, 0) is 23.8 Å². The predicted octanol–water partition coefficient (Wildman–Crippen LogP) is 4.54. The molecule has 1 atom stereocenters. The maximum Gasteiger partial charge on any atom is 0.387 e. The number of nitro groups is 1. The Balaban J connectivity index is 1.82. The van der Waals surface area contributed by atoms with Crippen LogP contribution in [-0.4, -0.2) is 43.2 Å². The third kappa shape index (κ3) is 5.40. The minimum atomic E-state index is -3.11. The number of halogens is 3. The Bertz CT molecular complexity index is 866. The van der Waals surface area contributed by atoms with Crippen LogP contribution in [0.5, 0.6) is 11.5 Å². The van der Waals surface area contributed by atoms with Crippen LogP contribution in [-0.2, 0) is 11.3 Å². The number of benzene rings is 2. The Morgan fingerprint density at radius 2 is 2.03 bits per heavy atom. The summed E-state index contributed by atoms with van der Waals surface area (Å²) >= 11 is 3.40. The lowest BCUT2D eigenvalue weighted by Gasteiger charge is -2.33. The van der Waals surface area contributed by atoms with E-state index in [2.05, 4.69) is 20.7 Å². The average molecular weight is 473 g/mol. The van der Waals surface area contributed by atoms with E-state index in [9.17, 15) is 18.9 Å². The van der Waals surface area contributed by atoms with Gasteiger partial charge in [-0.3, -0.25) is 15.0 Å². The topological polar surface area (TPSA) is 74.1 Å². The smallest absolute Gasteiger partial charge is 0.387 e. The van der Waals surface area contributed by atoms with Crippen molar-refractivity contribution in [3.8, 4) is 11.5 Å². The fraction of sp³-hybridized carbons (Fsp3) is 0.368. The Morgan fingerprint density at radius 3 is 2.66 bits per heavy atom. The lowest BCUT2D eigenvalue weighted by Crippen LogP contribution is -2.37. The highest BCUT2D eigenvalue weighted by atomic mass is 79.9. The van der Waals surface area contributed by atoms with Gasteiger partial charge < -0.3 is 14.2 Å². The summed E-state index contributed by atoms with van der Waals surface area (Å²) in [6.45, 7) is -1.27. The van der Waals surface area contributed by atoms with E-state index in [0.717, 1.165) is 16.1 Å². The average Bonchev–Trinajstić information content (AvgIpc) is 2.69. The number of ether oxygens (including phenoxy) is 3. The van der Waals surface area contributed by atoms with Crippen molar-refractivity contribution < 1.29 is 27.9 Å². The van der Waals surface area contributed by atoms with Crippen LogP contribution in [0.2, 0.25) is 0 Å². The van der Waals surface area contributed by atoms with Crippen molar-refractivity contribution in [1.82, 2.24) is 4.90 Å². The van der Waals surface area contributed by atoms with Crippen LogP contribution in [0.15, 0.2) is 40.9 Å². The van der Waals surface area contributed by atoms with Crippen molar-refractivity contribution in [3.63, 3.8) is 0 Å². The van der Waals surface area contributed by atoms with E-state index >= 15 is 0 Å². The van der Waals surface area contributed by atoms with E-state index < -0.39 is 11.5 Å². The van der Waals surface area contributed by atoms with E-state index in [4.69, 9.17) is 9.47 Å². The molecule has 3 rings (SSSR count).